The maximum atomic E-state index is 11.2. The lowest BCUT2D eigenvalue weighted by molar-refractivity contribution is -0.149. The predicted octanol–water partition coefficient (Wildman–Crippen LogP) is 0.940. The Bertz CT molecular complexity index is 180. The monoisotopic (exact) mass is 203 g/mol. The highest BCUT2D eigenvalue weighted by Gasteiger charge is 2.18. The molecule has 0 bridgehead atoms. The van der Waals surface area contributed by atoms with Crippen LogP contribution in [0.1, 0.15) is 27.2 Å². The third kappa shape index (κ3) is 5.19. The van der Waals surface area contributed by atoms with Gasteiger partial charge in [-0.2, -0.15) is 0 Å². The average Bonchev–Trinajstić information content (AvgIpc) is 2.16. The maximum absolute atomic E-state index is 11.2. The molecule has 1 unspecified atom stereocenters. The Kier molecular flexibility index (Phi) is 5.72. The van der Waals surface area contributed by atoms with Crippen LogP contribution in [0.25, 0.3) is 0 Å². The molecule has 4 nitrogen and oxygen atoms in total. The molecule has 0 fully saturated rings. The fraction of sp³-hybridized carbons (Fsp3) is 0.900. The van der Waals surface area contributed by atoms with Crippen molar-refractivity contribution in [1.82, 2.24) is 0 Å². The molecule has 0 rings (SSSR count). The molecule has 0 saturated heterocycles. The average molecular weight is 203 g/mol. The standard InChI is InChI=1S/C10H21NO3/c1-8(7-11)9(12)14-6-5-10(2,3)13-4/h8H,5-7,11H2,1-4H3. The van der Waals surface area contributed by atoms with E-state index in [9.17, 15) is 4.79 Å². The molecule has 0 spiro atoms. The molecule has 0 aromatic rings. The Morgan fingerprint density at radius 3 is 2.50 bits per heavy atom. The van der Waals surface area contributed by atoms with Gasteiger partial charge >= 0.3 is 5.97 Å². The van der Waals surface area contributed by atoms with E-state index < -0.39 is 0 Å². The predicted molar refractivity (Wildman–Crippen MR) is 54.9 cm³/mol. The highest BCUT2D eigenvalue weighted by Crippen LogP contribution is 2.12. The number of methoxy groups -OCH3 is 1. The van der Waals surface area contributed by atoms with Crippen LogP contribution < -0.4 is 5.73 Å². The van der Waals surface area contributed by atoms with E-state index in [2.05, 4.69) is 0 Å². The number of carbonyl (C=O) groups excluding carboxylic acids is 1. The van der Waals surface area contributed by atoms with Gasteiger partial charge in [0.1, 0.15) is 0 Å². The third-order valence-electron chi connectivity index (χ3n) is 2.26. The second-order valence-corrected chi connectivity index (χ2v) is 4.02. The van der Waals surface area contributed by atoms with Crippen molar-refractivity contribution in [2.45, 2.75) is 32.8 Å². The van der Waals surface area contributed by atoms with E-state index in [1.165, 1.54) is 0 Å². The van der Waals surface area contributed by atoms with Crippen molar-refractivity contribution in [2.24, 2.45) is 11.7 Å². The highest BCUT2D eigenvalue weighted by atomic mass is 16.5. The molecule has 2 N–H and O–H groups in total. The normalized spacial score (nSPS) is 13.8. The van der Waals surface area contributed by atoms with Crippen LogP contribution in [-0.2, 0) is 14.3 Å². The Morgan fingerprint density at radius 1 is 1.50 bits per heavy atom. The molecule has 1 atom stereocenters. The van der Waals surface area contributed by atoms with Gasteiger partial charge < -0.3 is 15.2 Å². The minimum absolute atomic E-state index is 0.222. The molecule has 0 aliphatic heterocycles. The van der Waals surface area contributed by atoms with Crippen LogP contribution in [0.15, 0.2) is 0 Å². The zero-order valence-electron chi connectivity index (χ0n) is 9.50. The van der Waals surface area contributed by atoms with Crippen LogP contribution in [0, 0.1) is 5.92 Å². The van der Waals surface area contributed by atoms with Crippen molar-refractivity contribution >= 4 is 5.97 Å². The minimum Gasteiger partial charge on any atom is -0.465 e. The maximum Gasteiger partial charge on any atom is 0.309 e. The topological polar surface area (TPSA) is 61.5 Å². The van der Waals surface area contributed by atoms with E-state index in [0.29, 0.717) is 19.6 Å². The summed E-state index contributed by atoms with van der Waals surface area (Å²) < 4.78 is 10.2. The number of esters is 1. The van der Waals surface area contributed by atoms with E-state index in [-0.39, 0.29) is 17.5 Å². The number of hydrogen-bond donors (Lipinski definition) is 1. The second-order valence-electron chi connectivity index (χ2n) is 4.02. The second kappa shape index (κ2) is 5.98. The van der Waals surface area contributed by atoms with E-state index in [0.717, 1.165) is 0 Å². The summed E-state index contributed by atoms with van der Waals surface area (Å²) >= 11 is 0. The summed E-state index contributed by atoms with van der Waals surface area (Å²) in [5.41, 5.74) is 5.09. The third-order valence-corrected chi connectivity index (χ3v) is 2.26. The zero-order chi connectivity index (χ0) is 11.2. The Hall–Kier alpha value is -0.610. The van der Waals surface area contributed by atoms with Gasteiger partial charge in [0.05, 0.1) is 18.1 Å². The largest absolute Gasteiger partial charge is 0.465 e. The molecule has 4 heteroatoms. The summed E-state index contributed by atoms with van der Waals surface area (Å²) in [6.45, 7) is 6.36. The Labute approximate surface area is 85.8 Å². The van der Waals surface area contributed by atoms with Crippen molar-refractivity contribution < 1.29 is 14.3 Å². The molecule has 0 radical (unpaired) electrons. The molecular formula is C10H21NO3. The molecule has 0 amide bonds. The van der Waals surface area contributed by atoms with Crippen LogP contribution in [0.5, 0.6) is 0 Å². The van der Waals surface area contributed by atoms with Crippen molar-refractivity contribution in [3.63, 3.8) is 0 Å². The lowest BCUT2D eigenvalue weighted by Crippen LogP contribution is -2.28. The number of rotatable bonds is 6. The molecule has 0 aliphatic carbocycles. The number of ether oxygens (including phenoxy) is 2. The fourth-order valence-electron chi connectivity index (χ4n) is 0.738. The van der Waals surface area contributed by atoms with Crippen LogP contribution in [0.2, 0.25) is 0 Å². The Balaban J connectivity index is 3.69. The van der Waals surface area contributed by atoms with Crippen molar-refractivity contribution in [3.8, 4) is 0 Å². The minimum atomic E-state index is -0.244. The molecule has 0 saturated carbocycles. The lowest BCUT2D eigenvalue weighted by atomic mass is 10.1. The molecule has 14 heavy (non-hydrogen) atoms. The molecule has 84 valence electrons. The van der Waals surface area contributed by atoms with Gasteiger partial charge in [-0.1, -0.05) is 6.92 Å². The highest BCUT2D eigenvalue weighted by molar-refractivity contribution is 5.72. The summed E-state index contributed by atoms with van der Waals surface area (Å²) in [4.78, 5) is 11.2. The van der Waals surface area contributed by atoms with Gasteiger partial charge in [0.15, 0.2) is 0 Å². The van der Waals surface area contributed by atoms with Crippen molar-refractivity contribution in [1.29, 1.82) is 0 Å². The first-order valence-electron chi connectivity index (χ1n) is 4.85. The number of nitrogens with two attached hydrogens (primary N) is 1. The molecular weight excluding hydrogens is 182 g/mol. The van der Waals surface area contributed by atoms with Gasteiger partial charge in [-0.3, -0.25) is 4.79 Å². The van der Waals surface area contributed by atoms with Crippen molar-refractivity contribution in [2.75, 3.05) is 20.3 Å². The van der Waals surface area contributed by atoms with Gasteiger partial charge in [-0.05, 0) is 13.8 Å². The number of hydrogen-bond acceptors (Lipinski definition) is 4. The van der Waals surface area contributed by atoms with E-state index in [1.54, 1.807) is 14.0 Å². The van der Waals surface area contributed by atoms with E-state index in [4.69, 9.17) is 15.2 Å². The summed E-state index contributed by atoms with van der Waals surface area (Å²) in [5, 5.41) is 0. The fourth-order valence-corrected chi connectivity index (χ4v) is 0.738. The lowest BCUT2D eigenvalue weighted by Gasteiger charge is -2.22. The van der Waals surface area contributed by atoms with Gasteiger partial charge in [-0.25, -0.2) is 0 Å². The number of carbonyl (C=O) groups is 1. The van der Waals surface area contributed by atoms with Gasteiger partial charge in [-0.15, -0.1) is 0 Å². The smallest absolute Gasteiger partial charge is 0.309 e. The molecule has 0 aromatic carbocycles. The van der Waals surface area contributed by atoms with Crippen LogP contribution >= 0.6 is 0 Å². The summed E-state index contributed by atoms with van der Waals surface area (Å²) in [6.07, 6.45) is 0.687. The van der Waals surface area contributed by atoms with Crippen molar-refractivity contribution in [3.05, 3.63) is 0 Å². The molecule has 0 aliphatic rings. The van der Waals surface area contributed by atoms with E-state index in [1.807, 2.05) is 13.8 Å². The van der Waals surface area contributed by atoms with Gasteiger partial charge in [0.25, 0.3) is 0 Å². The first-order chi connectivity index (χ1) is 6.43. The summed E-state index contributed by atoms with van der Waals surface area (Å²) in [5.74, 6) is -0.458. The zero-order valence-corrected chi connectivity index (χ0v) is 9.50. The Morgan fingerprint density at radius 2 is 2.07 bits per heavy atom. The quantitative estimate of drug-likeness (QED) is 0.653. The summed E-state index contributed by atoms with van der Waals surface area (Å²) in [6, 6.07) is 0. The first-order valence-corrected chi connectivity index (χ1v) is 4.85. The van der Waals surface area contributed by atoms with Crippen LogP contribution in [0.3, 0.4) is 0 Å². The first kappa shape index (κ1) is 13.4. The molecule has 0 aromatic heterocycles. The summed E-state index contributed by atoms with van der Waals surface area (Å²) in [7, 11) is 1.64. The van der Waals surface area contributed by atoms with Crippen LogP contribution in [-0.4, -0.2) is 31.8 Å². The van der Waals surface area contributed by atoms with Crippen LogP contribution in [0.4, 0.5) is 0 Å². The van der Waals surface area contributed by atoms with E-state index >= 15 is 0 Å². The van der Waals surface area contributed by atoms with Gasteiger partial charge in [0, 0.05) is 20.1 Å². The SMILES string of the molecule is COC(C)(C)CCOC(=O)C(C)CN. The van der Waals surface area contributed by atoms with Gasteiger partial charge in [0.2, 0.25) is 0 Å². The molecule has 0 heterocycles.